The van der Waals surface area contributed by atoms with Crippen molar-refractivity contribution in [2.24, 2.45) is 7.05 Å². The lowest BCUT2D eigenvalue weighted by Crippen LogP contribution is -2.23. The maximum atomic E-state index is 12.4. The van der Waals surface area contributed by atoms with Crippen molar-refractivity contribution in [2.75, 3.05) is 20.8 Å². The highest BCUT2D eigenvalue weighted by Crippen LogP contribution is 2.37. The number of aromatic nitrogens is 2. The van der Waals surface area contributed by atoms with Gasteiger partial charge in [-0.3, -0.25) is 9.48 Å². The van der Waals surface area contributed by atoms with Gasteiger partial charge in [-0.15, -0.1) is 11.3 Å². The van der Waals surface area contributed by atoms with Gasteiger partial charge in [0.05, 0.1) is 19.1 Å². The largest absolute Gasteiger partial charge is 0.493 e. The zero-order valence-corrected chi connectivity index (χ0v) is 16.3. The zero-order chi connectivity index (χ0) is 18.7. The number of aryl methyl sites for hydroxylation is 1. The average molecular weight is 373 g/mol. The Kier molecular flexibility index (Phi) is 5.46. The van der Waals surface area contributed by atoms with E-state index in [1.54, 1.807) is 14.2 Å². The summed E-state index contributed by atoms with van der Waals surface area (Å²) in [7, 11) is 5.11. The fourth-order valence-corrected chi connectivity index (χ4v) is 3.80. The van der Waals surface area contributed by atoms with Crippen molar-refractivity contribution in [1.29, 1.82) is 0 Å². The highest BCUT2D eigenvalue weighted by atomic mass is 32.1. The van der Waals surface area contributed by atoms with Crippen LogP contribution in [0.1, 0.15) is 29.4 Å². The van der Waals surface area contributed by atoms with Gasteiger partial charge in [0.25, 0.3) is 5.91 Å². The topological polar surface area (TPSA) is 65.4 Å². The van der Waals surface area contributed by atoms with E-state index in [1.165, 1.54) is 11.3 Å². The highest BCUT2D eigenvalue weighted by Gasteiger charge is 2.18. The molecule has 0 saturated heterocycles. The molecule has 1 amide bonds. The van der Waals surface area contributed by atoms with Crippen LogP contribution in [0.5, 0.6) is 11.5 Å². The molecule has 2 aromatic heterocycles. The summed E-state index contributed by atoms with van der Waals surface area (Å²) in [5, 5.41) is 8.56. The quantitative estimate of drug-likeness (QED) is 0.639. The van der Waals surface area contributed by atoms with Gasteiger partial charge in [-0.1, -0.05) is 13.3 Å². The van der Waals surface area contributed by atoms with Crippen LogP contribution in [0.3, 0.4) is 0 Å². The number of carbonyl (C=O) groups is 1. The van der Waals surface area contributed by atoms with Crippen LogP contribution in [0.15, 0.2) is 24.3 Å². The van der Waals surface area contributed by atoms with Crippen LogP contribution in [-0.4, -0.2) is 36.5 Å². The second-order valence-electron chi connectivity index (χ2n) is 5.98. The number of fused-ring (bicyclic) bond motifs is 1. The lowest BCUT2D eigenvalue weighted by molar-refractivity contribution is 0.0957. The number of nitrogens with one attached hydrogen (secondary N) is 1. The number of benzene rings is 1. The third kappa shape index (κ3) is 3.39. The van der Waals surface area contributed by atoms with E-state index in [9.17, 15) is 4.79 Å². The number of nitrogens with zero attached hydrogens (tertiary/aromatic N) is 2. The van der Waals surface area contributed by atoms with Gasteiger partial charge in [-0.2, -0.15) is 5.10 Å². The van der Waals surface area contributed by atoms with Crippen LogP contribution in [0.4, 0.5) is 0 Å². The minimum Gasteiger partial charge on any atom is -0.493 e. The maximum Gasteiger partial charge on any atom is 0.261 e. The Hall–Kier alpha value is -2.54. The van der Waals surface area contributed by atoms with Crippen LogP contribution < -0.4 is 14.8 Å². The van der Waals surface area contributed by atoms with Crippen molar-refractivity contribution in [2.45, 2.75) is 19.8 Å². The van der Waals surface area contributed by atoms with Crippen molar-refractivity contribution in [3.05, 3.63) is 29.1 Å². The van der Waals surface area contributed by atoms with Crippen LogP contribution in [-0.2, 0) is 7.05 Å². The van der Waals surface area contributed by atoms with E-state index in [0.717, 1.165) is 34.3 Å². The number of amides is 1. The van der Waals surface area contributed by atoms with Crippen LogP contribution in [0, 0.1) is 0 Å². The van der Waals surface area contributed by atoms with Gasteiger partial charge in [-0.25, -0.2) is 0 Å². The summed E-state index contributed by atoms with van der Waals surface area (Å²) in [5.74, 6) is 1.29. The molecule has 0 spiro atoms. The number of rotatable bonds is 7. The Morgan fingerprint density at radius 3 is 2.69 bits per heavy atom. The molecule has 0 aliphatic rings. The third-order valence-electron chi connectivity index (χ3n) is 4.21. The zero-order valence-electron chi connectivity index (χ0n) is 15.5. The molecular weight excluding hydrogens is 350 g/mol. The molecule has 3 rings (SSSR count). The number of hydrogen-bond donors (Lipinski definition) is 1. The first kappa shape index (κ1) is 18.3. The number of methoxy groups -OCH3 is 2. The molecule has 0 aliphatic carbocycles. The van der Waals surface area contributed by atoms with E-state index in [-0.39, 0.29) is 5.91 Å². The van der Waals surface area contributed by atoms with Crippen molar-refractivity contribution < 1.29 is 14.3 Å². The normalized spacial score (nSPS) is 10.9. The molecule has 26 heavy (non-hydrogen) atoms. The second kappa shape index (κ2) is 7.78. The molecule has 0 saturated carbocycles. The summed E-state index contributed by atoms with van der Waals surface area (Å²) in [6, 6.07) is 7.63. The minimum atomic E-state index is -0.0297. The molecular formula is C19H23N3O3S. The summed E-state index contributed by atoms with van der Waals surface area (Å²) in [5.41, 5.74) is 1.75. The van der Waals surface area contributed by atoms with E-state index < -0.39 is 0 Å². The van der Waals surface area contributed by atoms with Crippen molar-refractivity contribution in [3.8, 4) is 22.8 Å². The number of unbranched alkanes of at least 4 members (excludes halogenated alkanes) is 1. The standard InChI is InChI=1S/C19H23N3O3S/c1-5-6-9-20-18(23)16-11-13-17(21-22(2)19(13)26-16)12-7-8-14(24-3)15(10-12)25-4/h7-8,10-11H,5-6,9H2,1-4H3,(H,20,23). The SMILES string of the molecule is CCCCNC(=O)c1cc2c(-c3ccc(OC)c(OC)c3)nn(C)c2s1. The Morgan fingerprint density at radius 1 is 1.23 bits per heavy atom. The van der Waals surface area contributed by atoms with Crippen LogP contribution in [0.2, 0.25) is 0 Å². The predicted molar refractivity (Wildman–Crippen MR) is 104 cm³/mol. The van der Waals surface area contributed by atoms with Gasteiger partial charge in [-0.05, 0) is 30.7 Å². The average Bonchev–Trinajstić information content (AvgIpc) is 3.22. The lowest BCUT2D eigenvalue weighted by atomic mass is 10.1. The number of ether oxygens (including phenoxy) is 2. The Bertz CT molecular complexity index is 930. The predicted octanol–water partition coefficient (Wildman–Crippen LogP) is 3.85. The van der Waals surface area contributed by atoms with E-state index in [1.807, 2.05) is 36.0 Å². The summed E-state index contributed by atoms with van der Waals surface area (Å²) in [4.78, 5) is 14.0. The smallest absolute Gasteiger partial charge is 0.261 e. The Morgan fingerprint density at radius 2 is 2.00 bits per heavy atom. The molecule has 0 radical (unpaired) electrons. The molecule has 0 aliphatic heterocycles. The van der Waals surface area contributed by atoms with Crippen LogP contribution in [0.25, 0.3) is 21.5 Å². The monoisotopic (exact) mass is 373 g/mol. The fraction of sp³-hybridized carbons (Fsp3) is 0.368. The van der Waals surface area contributed by atoms with Gasteiger partial charge >= 0.3 is 0 Å². The summed E-state index contributed by atoms with van der Waals surface area (Å²) in [6.45, 7) is 2.80. The van der Waals surface area contributed by atoms with Crippen molar-refractivity contribution in [1.82, 2.24) is 15.1 Å². The van der Waals surface area contributed by atoms with Gasteiger partial charge in [0.15, 0.2) is 11.5 Å². The first-order valence-corrected chi connectivity index (χ1v) is 9.37. The number of hydrogen-bond acceptors (Lipinski definition) is 5. The Labute approximate surface area is 156 Å². The third-order valence-corrected chi connectivity index (χ3v) is 5.41. The lowest BCUT2D eigenvalue weighted by Gasteiger charge is -2.08. The molecule has 2 heterocycles. The molecule has 0 atom stereocenters. The molecule has 138 valence electrons. The molecule has 0 fully saturated rings. The molecule has 7 heteroatoms. The van der Waals surface area contributed by atoms with Gasteiger partial charge < -0.3 is 14.8 Å². The highest BCUT2D eigenvalue weighted by molar-refractivity contribution is 7.20. The molecule has 1 aromatic carbocycles. The van der Waals surface area contributed by atoms with Crippen molar-refractivity contribution in [3.63, 3.8) is 0 Å². The van der Waals surface area contributed by atoms with E-state index in [0.29, 0.717) is 22.9 Å². The molecule has 0 bridgehead atoms. The van der Waals surface area contributed by atoms with Gasteiger partial charge in [0.1, 0.15) is 10.5 Å². The van der Waals surface area contributed by atoms with Crippen LogP contribution >= 0.6 is 11.3 Å². The first-order chi connectivity index (χ1) is 12.6. The number of thiophene rings is 1. The minimum absolute atomic E-state index is 0.0297. The molecule has 1 N–H and O–H groups in total. The summed E-state index contributed by atoms with van der Waals surface area (Å²) < 4.78 is 12.5. The second-order valence-corrected chi connectivity index (χ2v) is 7.01. The summed E-state index contributed by atoms with van der Waals surface area (Å²) in [6.07, 6.45) is 2.04. The van der Waals surface area contributed by atoms with E-state index in [4.69, 9.17) is 9.47 Å². The van der Waals surface area contributed by atoms with Gasteiger partial charge in [0.2, 0.25) is 0 Å². The molecule has 0 unspecified atom stereocenters. The van der Waals surface area contributed by atoms with E-state index >= 15 is 0 Å². The maximum absolute atomic E-state index is 12.4. The molecule has 6 nitrogen and oxygen atoms in total. The molecule has 3 aromatic rings. The Balaban J connectivity index is 1.98. The number of carbonyl (C=O) groups excluding carboxylic acids is 1. The van der Waals surface area contributed by atoms with E-state index in [2.05, 4.69) is 17.3 Å². The first-order valence-electron chi connectivity index (χ1n) is 8.56. The van der Waals surface area contributed by atoms with Gasteiger partial charge in [0, 0.05) is 24.5 Å². The van der Waals surface area contributed by atoms with Crippen molar-refractivity contribution >= 4 is 27.5 Å². The summed E-state index contributed by atoms with van der Waals surface area (Å²) >= 11 is 1.46. The fourth-order valence-electron chi connectivity index (χ4n) is 2.82.